The van der Waals surface area contributed by atoms with Gasteiger partial charge in [-0.15, -0.1) is 0 Å². The summed E-state index contributed by atoms with van der Waals surface area (Å²) in [6, 6.07) is 0. The van der Waals surface area contributed by atoms with Gasteiger partial charge in [0.05, 0.1) is 0 Å². The highest BCUT2D eigenvalue weighted by molar-refractivity contribution is 5.67. The first-order valence-electron chi connectivity index (χ1n) is 9.54. The van der Waals surface area contributed by atoms with Crippen LogP contribution in [0.1, 0.15) is 65.2 Å². The quantitative estimate of drug-likeness (QED) is 0.711. The zero-order valence-corrected chi connectivity index (χ0v) is 14.6. The van der Waals surface area contributed by atoms with E-state index in [0.29, 0.717) is 12.3 Å². The van der Waals surface area contributed by atoms with Crippen molar-refractivity contribution in [2.75, 3.05) is 0 Å². The number of carboxylic acid groups (broad SMARTS) is 1. The Hall–Kier alpha value is -1.05. The third kappa shape index (κ3) is 2.16. The van der Waals surface area contributed by atoms with Gasteiger partial charge < -0.3 is 5.11 Å². The van der Waals surface area contributed by atoms with Crippen LogP contribution in [-0.4, -0.2) is 11.1 Å². The zero-order valence-electron chi connectivity index (χ0n) is 14.6. The number of allylic oxidation sites excluding steroid dienone is 4. The lowest BCUT2D eigenvalue weighted by Crippen LogP contribution is -2.49. The number of fused-ring (bicyclic) bond motifs is 5. The summed E-state index contributed by atoms with van der Waals surface area (Å²) in [6.45, 7) is 4.89. The van der Waals surface area contributed by atoms with Crippen molar-refractivity contribution in [3.8, 4) is 0 Å². The molecule has 1 N–H and O–H groups in total. The van der Waals surface area contributed by atoms with E-state index in [0.717, 1.165) is 30.6 Å². The number of rotatable bonds is 2. The molecule has 2 nitrogen and oxygen atoms in total. The monoisotopic (exact) mass is 314 g/mol. The minimum atomic E-state index is -0.602. The Labute approximate surface area is 140 Å². The van der Waals surface area contributed by atoms with Gasteiger partial charge in [-0.25, -0.2) is 0 Å². The summed E-state index contributed by atoms with van der Waals surface area (Å²) < 4.78 is 0. The number of hydrogen-bond acceptors (Lipinski definition) is 1. The molecule has 0 saturated heterocycles. The minimum Gasteiger partial charge on any atom is -0.481 e. The third-order valence-electron chi connectivity index (χ3n) is 8.23. The molecule has 0 aromatic carbocycles. The van der Waals surface area contributed by atoms with Gasteiger partial charge in [-0.1, -0.05) is 37.6 Å². The van der Waals surface area contributed by atoms with E-state index in [-0.39, 0.29) is 10.8 Å². The van der Waals surface area contributed by atoms with E-state index < -0.39 is 5.97 Å². The topological polar surface area (TPSA) is 37.3 Å². The Morgan fingerprint density at radius 3 is 2.83 bits per heavy atom. The molecule has 0 heterocycles. The van der Waals surface area contributed by atoms with Gasteiger partial charge in [-0.2, -0.15) is 0 Å². The van der Waals surface area contributed by atoms with E-state index in [1.165, 1.54) is 32.1 Å². The second-order valence-corrected chi connectivity index (χ2v) is 8.98. The summed E-state index contributed by atoms with van der Waals surface area (Å²) in [4.78, 5) is 11.3. The van der Waals surface area contributed by atoms with Gasteiger partial charge >= 0.3 is 5.97 Å². The van der Waals surface area contributed by atoms with Crippen molar-refractivity contribution < 1.29 is 9.90 Å². The molecule has 6 atom stereocenters. The van der Waals surface area contributed by atoms with Gasteiger partial charge in [0.2, 0.25) is 0 Å². The van der Waals surface area contributed by atoms with Crippen LogP contribution in [-0.2, 0) is 4.79 Å². The molecular weight excluding hydrogens is 284 g/mol. The molecule has 23 heavy (non-hydrogen) atoms. The van der Waals surface area contributed by atoms with Crippen molar-refractivity contribution in [3.05, 3.63) is 23.8 Å². The van der Waals surface area contributed by atoms with Crippen LogP contribution in [0.5, 0.6) is 0 Å². The molecule has 0 aliphatic heterocycles. The van der Waals surface area contributed by atoms with Gasteiger partial charge in [0, 0.05) is 11.8 Å². The van der Waals surface area contributed by atoms with Crippen molar-refractivity contribution in [2.24, 2.45) is 34.5 Å². The summed E-state index contributed by atoms with van der Waals surface area (Å²) in [5.74, 6) is 2.13. The van der Waals surface area contributed by atoms with E-state index in [1.54, 1.807) is 5.57 Å². The molecule has 3 fully saturated rings. The van der Waals surface area contributed by atoms with Gasteiger partial charge in [0.1, 0.15) is 0 Å². The average Bonchev–Trinajstić information content (AvgIpc) is 2.83. The molecule has 0 amide bonds. The Kier molecular flexibility index (Phi) is 3.52. The van der Waals surface area contributed by atoms with E-state index in [4.69, 9.17) is 0 Å². The number of hydrogen-bond donors (Lipinski definition) is 1. The lowest BCUT2D eigenvalue weighted by molar-refractivity contribution is -0.140. The van der Waals surface area contributed by atoms with Crippen LogP contribution in [0.2, 0.25) is 0 Å². The van der Waals surface area contributed by atoms with Crippen LogP contribution in [0.25, 0.3) is 0 Å². The maximum Gasteiger partial charge on any atom is 0.303 e. The highest BCUT2D eigenvalue weighted by Crippen LogP contribution is 2.66. The second kappa shape index (κ2) is 5.22. The average molecular weight is 314 g/mol. The maximum atomic E-state index is 11.3. The molecule has 0 unspecified atom stereocenters. The van der Waals surface area contributed by atoms with E-state index in [1.807, 2.05) is 0 Å². The Morgan fingerprint density at radius 2 is 2.04 bits per heavy atom. The predicted octanol–water partition coefficient (Wildman–Crippen LogP) is 5.21. The van der Waals surface area contributed by atoms with Crippen LogP contribution in [0.15, 0.2) is 23.8 Å². The van der Waals surface area contributed by atoms with Crippen molar-refractivity contribution in [1.29, 1.82) is 0 Å². The van der Waals surface area contributed by atoms with Crippen LogP contribution in [0.4, 0.5) is 0 Å². The fourth-order valence-corrected chi connectivity index (χ4v) is 6.99. The number of carbonyl (C=O) groups is 1. The van der Waals surface area contributed by atoms with E-state index in [9.17, 15) is 9.90 Å². The Morgan fingerprint density at radius 1 is 1.22 bits per heavy atom. The first kappa shape index (κ1) is 15.5. The van der Waals surface area contributed by atoms with Gasteiger partial charge in [0.25, 0.3) is 0 Å². The summed E-state index contributed by atoms with van der Waals surface area (Å²) >= 11 is 0. The maximum absolute atomic E-state index is 11.3. The van der Waals surface area contributed by atoms with Crippen LogP contribution < -0.4 is 0 Å². The SMILES string of the molecule is C[C@]12CC[C@H]3[C@@H](CCC4=CCC=C[C@@]43C)[C@@H]1CC[C@@H]2CC(=O)O. The van der Waals surface area contributed by atoms with E-state index in [2.05, 4.69) is 32.1 Å². The fraction of sp³-hybridized carbons (Fsp3) is 0.762. The largest absolute Gasteiger partial charge is 0.481 e. The normalized spacial score (nSPS) is 48.2. The van der Waals surface area contributed by atoms with Crippen LogP contribution in [0, 0.1) is 34.5 Å². The van der Waals surface area contributed by atoms with Crippen molar-refractivity contribution in [2.45, 2.75) is 65.2 Å². The van der Waals surface area contributed by atoms with Gasteiger partial charge in [0.15, 0.2) is 0 Å². The van der Waals surface area contributed by atoms with Crippen molar-refractivity contribution >= 4 is 5.97 Å². The molecule has 0 bridgehead atoms. The summed E-state index contributed by atoms with van der Waals surface area (Å²) in [5.41, 5.74) is 2.24. The number of aliphatic carboxylic acids is 1. The zero-order chi connectivity index (χ0) is 16.2. The van der Waals surface area contributed by atoms with E-state index >= 15 is 0 Å². The molecule has 0 aromatic rings. The highest BCUT2D eigenvalue weighted by atomic mass is 16.4. The minimum absolute atomic E-state index is 0.273. The first-order chi connectivity index (χ1) is 10.9. The van der Waals surface area contributed by atoms with Gasteiger partial charge in [-0.05, 0) is 74.0 Å². The lowest BCUT2D eigenvalue weighted by Gasteiger charge is -2.57. The molecule has 3 saturated carbocycles. The third-order valence-corrected chi connectivity index (χ3v) is 8.23. The molecule has 0 aromatic heterocycles. The predicted molar refractivity (Wildman–Crippen MR) is 92.0 cm³/mol. The van der Waals surface area contributed by atoms with Crippen LogP contribution in [0.3, 0.4) is 0 Å². The summed E-state index contributed by atoms with van der Waals surface area (Å²) in [5, 5.41) is 9.29. The molecule has 4 rings (SSSR count). The Balaban J connectivity index is 1.63. The summed E-state index contributed by atoms with van der Waals surface area (Å²) in [7, 11) is 0. The molecular formula is C21H30O2. The first-order valence-corrected chi connectivity index (χ1v) is 9.54. The molecule has 2 heteroatoms. The van der Waals surface area contributed by atoms with Gasteiger partial charge in [-0.3, -0.25) is 4.79 Å². The molecule has 0 radical (unpaired) electrons. The summed E-state index contributed by atoms with van der Waals surface area (Å²) in [6.07, 6.45) is 16.3. The Bertz CT molecular complexity index is 574. The molecule has 4 aliphatic rings. The highest BCUT2D eigenvalue weighted by Gasteiger charge is 2.58. The smallest absolute Gasteiger partial charge is 0.303 e. The fourth-order valence-electron chi connectivity index (χ4n) is 6.99. The van der Waals surface area contributed by atoms with Crippen molar-refractivity contribution in [1.82, 2.24) is 0 Å². The lowest BCUT2D eigenvalue weighted by atomic mass is 9.47. The second-order valence-electron chi connectivity index (χ2n) is 8.98. The molecule has 126 valence electrons. The van der Waals surface area contributed by atoms with Crippen LogP contribution >= 0.6 is 0 Å². The van der Waals surface area contributed by atoms with Crippen molar-refractivity contribution in [3.63, 3.8) is 0 Å². The molecule has 4 aliphatic carbocycles. The molecule has 0 spiro atoms. The number of carboxylic acids is 1. The standard InChI is InChI=1S/C21H30O2/c1-20-11-4-3-5-14(20)6-8-16-17-9-7-15(13-19(22)23)21(17,2)12-10-18(16)20/h4-5,11,15-18H,3,6-10,12-13H2,1-2H3,(H,22,23)/t15-,16+,17+,18+,20+,21-/m1/s1.